The molecule has 2 aromatic heterocycles. The molecule has 2 heterocycles. The Morgan fingerprint density at radius 2 is 1.56 bits per heavy atom. The number of amides is 1. The van der Waals surface area contributed by atoms with Crippen LogP contribution in [0.25, 0.3) is 16.9 Å². The van der Waals surface area contributed by atoms with Gasteiger partial charge in [-0.05, 0) is 24.3 Å². The molecule has 32 heavy (non-hydrogen) atoms. The summed E-state index contributed by atoms with van der Waals surface area (Å²) in [4.78, 5) is 24.3. The van der Waals surface area contributed by atoms with E-state index in [2.05, 4.69) is 5.10 Å². The normalized spacial score (nSPS) is 11.5. The Labute approximate surface area is 180 Å². The number of halogens is 3. The number of aromatic nitrogens is 3. The fraction of sp³-hybridized carbons (Fsp3) is 0.0870. The Balaban J connectivity index is 1.91. The Bertz CT molecular complexity index is 1330. The maximum absolute atomic E-state index is 13.7. The largest absolute Gasteiger partial charge is 0.431 e. The van der Waals surface area contributed by atoms with Crippen molar-refractivity contribution in [2.24, 2.45) is 5.73 Å². The van der Waals surface area contributed by atoms with Gasteiger partial charge in [-0.2, -0.15) is 18.3 Å². The van der Waals surface area contributed by atoms with E-state index >= 15 is 0 Å². The summed E-state index contributed by atoms with van der Waals surface area (Å²) in [5.41, 5.74) is 4.53. The van der Waals surface area contributed by atoms with Crippen molar-refractivity contribution in [3.05, 3.63) is 106 Å². The van der Waals surface area contributed by atoms with Gasteiger partial charge >= 0.3 is 6.18 Å². The number of rotatable bonds is 5. The molecule has 0 aliphatic carbocycles. The van der Waals surface area contributed by atoms with Crippen LogP contribution in [0.15, 0.2) is 83.8 Å². The van der Waals surface area contributed by atoms with Crippen LogP contribution in [0.5, 0.6) is 0 Å². The lowest BCUT2D eigenvalue weighted by Gasteiger charge is -2.16. The molecule has 0 aliphatic rings. The number of benzene rings is 2. The average molecular weight is 438 g/mol. The summed E-state index contributed by atoms with van der Waals surface area (Å²) in [6.45, 7) is -0.453. The van der Waals surface area contributed by atoms with Crippen molar-refractivity contribution < 1.29 is 18.0 Å². The van der Waals surface area contributed by atoms with Gasteiger partial charge in [-0.25, -0.2) is 4.68 Å². The Hall–Kier alpha value is -4.14. The second kappa shape index (κ2) is 8.18. The Kier molecular flexibility index (Phi) is 5.40. The first-order valence-electron chi connectivity index (χ1n) is 9.56. The van der Waals surface area contributed by atoms with Crippen LogP contribution in [0, 0.1) is 0 Å². The molecule has 0 saturated carbocycles. The molecular weight excluding hydrogens is 421 g/mol. The predicted molar refractivity (Wildman–Crippen MR) is 112 cm³/mol. The summed E-state index contributed by atoms with van der Waals surface area (Å²) in [5.74, 6) is -1.10. The van der Waals surface area contributed by atoms with Crippen LogP contribution in [-0.2, 0) is 12.7 Å². The molecule has 162 valence electrons. The van der Waals surface area contributed by atoms with E-state index in [0.29, 0.717) is 33.1 Å². The molecule has 9 heteroatoms. The highest BCUT2D eigenvalue weighted by atomic mass is 19.4. The third-order valence-corrected chi connectivity index (χ3v) is 4.92. The molecule has 4 rings (SSSR count). The van der Waals surface area contributed by atoms with E-state index in [4.69, 9.17) is 5.73 Å². The smallest absolute Gasteiger partial charge is 0.365 e. The van der Waals surface area contributed by atoms with Crippen LogP contribution in [0.3, 0.4) is 0 Å². The summed E-state index contributed by atoms with van der Waals surface area (Å²) in [6.07, 6.45) is -3.24. The number of primary amides is 1. The van der Waals surface area contributed by atoms with Crippen LogP contribution < -0.4 is 11.3 Å². The zero-order valence-electron chi connectivity index (χ0n) is 16.6. The fourth-order valence-corrected chi connectivity index (χ4v) is 3.42. The molecule has 0 unspecified atom stereocenters. The highest BCUT2D eigenvalue weighted by Gasteiger charge is 2.35. The van der Waals surface area contributed by atoms with Gasteiger partial charge in [-0.1, -0.05) is 48.5 Å². The van der Waals surface area contributed by atoms with E-state index in [9.17, 15) is 22.8 Å². The highest BCUT2D eigenvalue weighted by molar-refractivity contribution is 5.92. The van der Waals surface area contributed by atoms with Crippen molar-refractivity contribution in [2.75, 3.05) is 0 Å². The first-order chi connectivity index (χ1) is 15.3. The number of hydrogen-bond acceptors (Lipinski definition) is 3. The number of alkyl halides is 3. The minimum Gasteiger partial charge on any atom is -0.365 e. The summed E-state index contributed by atoms with van der Waals surface area (Å²) < 4.78 is 43.0. The summed E-state index contributed by atoms with van der Waals surface area (Å²) in [6, 6.07) is 19.4. The molecule has 1 amide bonds. The standard InChI is InChI=1S/C23H17F3N4O2/c24-23(25,26)19-12-11-18(21(27)31)22(32)29(19)13-16-14-30(17-9-5-2-6-10-17)28-20(16)15-7-3-1-4-8-15/h1-12,14H,13H2,(H2,27,31). The predicted octanol–water partition coefficient (Wildman–Crippen LogP) is 3.87. The topological polar surface area (TPSA) is 82.9 Å². The van der Waals surface area contributed by atoms with Crippen molar-refractivity contribution in [1.82, 2.24) is 14.3 Å². The Morgan fingerprint density at radius 1 is 0.938 bits per heavy atom. The van der Waals surface area contributed by atoms with Crippen molar-refractivity contribution in [2.45, 2.75) is 12.7 Å². The lowest BCUT2D eigenvalue weighted by atomic mass is 10.1. The monoisotopic (exact) mass is 438 g/mol. The minimum atomic E-state index is -4.81. The van der Waals surface area contributed by atoms with Gasteiger partial charge in [0, 0.05) is 17.3 Å². The summed E-state index contributed by atoms with van der Waals surface area (Å²) in [5, 5.41) is 4.55. The molecule has 0 spiro atoms. The SMILES string of the molecule is NC(=O)c1ccc(C(F)(F)F)n(Cc2cn(-c3ccccc3)nc2-c2ccccc2)c1=O. The second-order valence-corrected chi connectivity index (χ2v) is 7.03. The average Bonchev–Trinajstić information content (AvgIpc) is 3.19. The molecule has 0 fully saturated rings. The third kappa shape index (κ3) is 4.04. The van der Waals surface area contributed by atoms with E-state index in [1.165, 1.54) is 4.68 Å². The number of nitrogens with two attached hydrogens (primary N) is 1. The van der Waals surface area contributed by atoms with Gasteiger partial charge in [0.05, 0.1) is 17.9 Å². The van der Waals surface area contributed by atoms with Gasteiger partial charge in [0.2, 0.25) is 0 Å². The highest BCUT2D eigenvalue weighted by Crippen LogP contribution is 2.30. The van der Waals surface area contributed by atoms with E-state index < -0.39 is 35.4 Å². The zero-order chi connectivity index (χ0) is 22.9. The summed E-state index contributed by atoms with van der Waals surface area (Å²) >= 11 is 0. The van der Waals surface area contributed by atoms with Crippen LogP contribution in [0.4, 0.5) is 13.2 Å². The molecule has 0 saturated heterocycles. The second-order valence-electron chi connectivity index (χ2n) is 7.03. The van der Waals surface area contributed by atoms with E-state index in [1.807, 2.05) is 18.2 Å². The molecule has 0 atom stereocenters. The van der Waals surface area contributed by atoms with Gasteiger partial charge in [-0.3, -0.25) is 14.2 Å². The number of pyridine rings is 1. The van der Waals surface area contributed by atoms with Gasteiger partial charge in [0.1, 0.15) is 11.3 Å². The third-order valence-electron chi connectivity index (χ3n) is 4.92. The number of carbonyl (C=O) groups is 1. The van der Waals surface area contributed by atoms with Crippen molar-refractivity contribution in [1.29, 1.82) is 0 Å². The first kappa shape index (κ1) is 21.1. The van der Waals surface area contributed by atoms with Gasteiger partial charge < -0.3 is 5.73 Å². The quantitative estimate of drug-likeness (QED) is 0.514. The number of nitrogens with zero attached hydrogens (tertiary/aromatic N) is 3. The lowest BCUT2D eigenvalue weighted by molar-refractivity contribution is -0.144. The molecule has 2 N–H and O–H groups in total. The molecule has 4 aromatic rings. The fourth-order valence-electron chi connectivity index (χ4n) is 3.42. The van der Waals surface area contributed by atoms with Crippen LogP contribution >= 0.6 is 0 Å². The molecule has 2 aromatic carbocycles. The molecule has 6 nitrogen and oxygen atoms in total. The van der Waals surface area contributed by atoms with Crippen molar-refractivity contribution in [3.8, 4) is 16.9 Å². The molecule has 0 radical (unpaired) electrons. The minimum absolute atomic E-state index is 0.370. The van der Waals surface area contributed by atoms with Crippen molar-refractivity contribution in [3.63, 3.8) is 0 Å². The zero-order valence-corrected chi connectivity index (χ0v) is 16.6. The number of carbonyl (C=O) groups excluding carboxylic acids is 1. The van der Waals surface area contributed by atoms with Gasteiger partial charge in [0.15, 0.2) is 0 Å². The summed E-state index contributed by atoms with van der Waals surface area (Å²) in [7, 11) is 0. The number of para-hydroxylation sites is 1. The van der Waals surface area contributed by atoms with Crippen molar-refractivity contribution >= 4 is 5.91 Å². The van der Waals surface area contributed by atoms with E-state index in [0.717, 1.165) is 6.07 Å². The maximum atomic E-state index is 13.7. The maximum Gasteiger partial charge on any atom is 0.431 e. The van der Waals surface area contributed by atoms with Crippen LogP contribution in [0.2, 0.25) is 0 Å². The van der Waals surface area contributed by atoms with E-state index in [-0.39, 0.29) is 0 Å². The van der Waals surface area contributed by atoms with Gasteiger partial charge in [0.25, 0.3) is 11.5 Å². The first-order valence-corrected chi connectivity index (χ1v) is 9.56. The number of hydrogen-bond donors (Lipinski definition) is 1. The van der Waals surface area contributed by atoms with Crippen LogP contribution in [0.1, 0.15) is 21.6 Å². The molecular formula is C23H17F3N4O2. The lowest BCUT2D eigenvalue weighted by Crippen LogP contribution is -2.34. The van der Waals surface area contributed by atoms with E-state index in [1.54, 1.807) is 48.7 Å². The molecule has 0 bridgehead atoms. The van der Waals surface area contributed by atoms with Gasteiger partial charge in [-0.15, -0.1) is 0 Å². The van der Waals surface area contributed by atoms with Crippen LogP contribution in [-0.4, -0.2) is 20.3 Å². The molecule has 0 aliphatic heterocycles. The Morgan fingerprint density at radius 3 is 2.16 bits per heavy atom.